The maximum absolute atomic E-state index is 12.9. The minimum Gasteiger partial charge on any atom is -0.390 e. The predicted octanol–water partition coefficient (Wildman–Crippen LogP) is 8.32. The van der Waals surface area contributed by atoms with Crippen LogP contribution in [0.15, 0.2) is 12.7 Å². The van der Waals surface area contributed by atoms with Crippen molar-refractivity contribution in [1.29, 1.82) is 0 Å². The smallest absolute Gasteiger partial charge is 0.390 e. The first-order valence-corrected chi connectivity index (χ1v) is 13.2. The van der Waals surface area contributed by atoms with Gasteiger partial charge in [-0.05, 0) is 117 Å². The van der Waals surface area contributed by atoms with Crippen LogP contribution < -0.4 is 0 Å². The van der Waals surface area contributed by atoms with Crippen LogP contribution in [0.25, 0.3) is 0 Å². The number of halogens is 3. The van der Waals surface area contributed by atoms with Crippen LogP contribution >= 0.6 is 0 Å². The zero-order valence-corrected chi connectivity index (χ0v) is 20.7. The van der Waals surface area contributed by atoms with E-state index in [1.165, 1.54) is 39.0 Å². The molecule has 4 fully saturated rings. The molecule has 0 heterocycles. The number of hydrogen-bond donors (Lipinski definition) is 1. The Balaban J connectivity index is 1.48. The molecular formula is C28H45F3O. The second-order valence-electron chi connectivity index (χ2n) is 13.1. The summed E-state index contributed by atoms with van der Waals surface area (Å²) in [5, 5.41) is 10.9. The Morgan fingerprint density at radius 3 is 2.38 bits per heavy atom. The summed E-state index contributed by atoms with van der Waals surface area (Å²) in [6.07, 6.45) is 10.1. The van der Waals surface area contributed by atoms with E-state index in [-0.39, 0.29) is 17.3 Å². The second-order valence-corrected chi connectivity index (χ2v) is 13.1. The molecule has 4 rings (SSSR count). The van der Waals surface area contributed by atoms with Crippen molar-refractivity contribution in [3.8, 4) is 0 Å². The fourth-order valence-corrected chi connectivity index (χ4v) is 9.41. The first-order valence-electron chi connectivity index (χ1n) is 13.2. The van der Waals surface area contributed by atoms with Gasteiger partial charge in [0.25, 0.3) is 0 Å². The van der Waals surface area contributed by atoms with E-state index in [1.807, 2.05) is 6.92 Å². The third-order valence-corrected chi connectivity index (χ3v) is 11.5. The van der Waals surface area contributed by atoms with E-state index in [4.69, 9.17) is 0 Å². The quantitative estimate of drug-likeness (QED) is 0.414. The van der Waals surface area contributed by atoms with E-state index in [0.717, 1.165) is 38.0 Å². The minimum atomic E-state index is -4.06. The molecule has 4 saturated carbocycles. The van der Waals surface area contributed by atoms with E-state index in [1.54, 1.807) is 0 Å². The fourth-order valence-electron chi connectivity index (χ4n) is 9.41. The van der Waals surface area contributed by atoms with E-state index in [0.29, 0.717) is 29.6 Å². The molecule has 4 aliphatic rings. The molecule has 0 spiro atoms. The van der Waals surface area contributed by atoms with Crippen LogP contribution in [0.5, 0.6) is 0 Å². The Morgan fingerprint density at radius 1 is 1.00 bits per heavy atom. The van der Waals surface area contributed by atoms with Gasteiger partial charge in [0, 0.05) is 0 Å². The molecule has 0 aliphatic heterocycles. The number of allylic oxidation sites excluding steroid dienone is 1. The molecule has 32 heavy (non-hydrogen) atoms. The van der Waals surface area contributed by atoms with Gasteiger partial charge in [0.2, 0.25) is 0 Å². The van der Waals surface area contributed by atoms with Gasteiger partial charge < -0.3 is 5.11 Å². The number of hydrogen-bond acceptors (Lipinski definition) is 1. The molecule has 9 atom stereocenters. The zero-order valence-electron chi connectivity index (χ0n) is 20.7. The summed E-state index contributed by atoms with van der Waals surface area (Å²) in [7, 11) is 0. The van der Waals surface area contributed by atoms with Crippen LogP contribution in [0, 0.1) is 45.8 Å². The number of fused-ring (bicyclic) bond motifs is 5. The summed E-state index contributed by atoms with van der Waals surface area (Å²) < 4.78 is 38.8. The molecular weight excluding hydrogens is 409 g/mol. The van der Waals surface area contributed by atoms with Gasteiger partial charge in [-0.25, -0.2) is 0 Å². The van der Waals surface area contributed by atoms with Gasteiger partial charge in [0.1, 0.15) is 0 Å². The van der Waals surface area contributed by atoms with E-state index >= 15 is 0 Å². The first kappa shape index (κ1) is 24.6. The van der Waals surface area contributed by atoms with Gasteiger partial charge in [-0.15, -0.1) is 6.58 Å². The monoisotopic (exact) mass is 454 g/mol. The highest BCUT2D eigenvalue weighted by atomic mass is 19.4. The average molecular weight is 455 g/mol. The summed E-state index contributed by atoms with van der Waals surface area (Å²) in [5.41, 5.74) is -0.0417. The van der Waals surface area contributed by atoms with Crippen molar-refractivity contribution in [3.63, 3.8) is 0 Å². The van der Waals surface area contributed by atoms with Gasteiger partial charge in [0.05, 0.1) is 11.5 Å². The maximum atomic E-state index is 12.9. The van der Waals surface area contributed by atoms with Crippen molar-refractivity contribution < 1.29 is 18.3 Å². The Morgan fingerprint density at radius 2 is 1.72 bits per heavy atom. The topological polar surface area (TPSA) is 20.2 Å². The van der Waals surface area contributed by atoms with Gasteiger partial charge in [0.15, 0.2) is 0 Å². The molecule has 0 aromatic rings. The van der Waals surface area contributed by atoms with E-state index in [9.17, 15) is 18.3 Å². The Hall–Kier alpha value is -0.510. The highest BCUT2D eigenvalue weighted by Crippen LogP contribution is 2.72. The maximum Gasteiger partial charge on any atom is 0.391 e. The molecule has 0 bridgehead atoms. The lowest BCUT2D eigenvalue weighted by molar-refractivity contribution is -0.177. The molecule has 4 aliphatic carbocycles. The van der Waals surface area contributed by atoms with Gasteiger partial charge >= 0.3 is 6.18 Å². The molecule has 0 saturated heterocycles. The predicted molar refractivity (Wildman–Crippen MR) is 124 cm³/mol. The van der Waals surface area contributed by atoms with Crippen molar-refractivity contribution in [1.82, 2.24) is 0 Å². The molecule has 0 radical (unpaired) electrons. The van der Waals surface area contributed by atoms with Gasteiger partial charge in [-0.1, -0.05) is 33.3 Å². The summed E-state index contributed by atoms with van der Waals surface area (Å²) in [6, 6.07) is 0. The van der Waals surface area contributed by atoms with Crippen molar-refractivity contribution in [2.75, 3.05) is 0 Å². The summed E-state index contributed by atoms with van der Waals surface area (Å²) in [4.78, 5) is 0. The van der Waals surface area contributed by atoms with Crippen LogP contribution in [0.1, 0.15) is 105 Å². The first-order chi connectivity index (χ1) is 14.8. The number of alkyl halides is 3. The summed E-state index contributed by atoms with van der Waals surface area (Å²) in [5.74, 6) is 1.53. The lowest BCUT2D eigenvalue weighted by atomic mass is 9.39. The molecule has 0 aromatic heterocycles. The van der Waals surface area contributed by atoms with Crippen molar-refractivity contribution in [3.05, 3.63) is 12.7 Å². The molecule has 4 heteroatoms. The summed E-state index contributed by atoms with van der Waals surface area (Å²) >= 11 is 0. The molecule has 0 aromatic carbocycles. The van der Waals surface area contributed by atoms with Crippen LogP contribution in [-0.4, -0.2) is 16.9 Å². The highest BCUT2D eigenvalue weighted by molar-refractivity contribution is 5.19. The molecule has 1 nitrogen and oxygen atoms in total. The van der Waals surface area contributed by atoms with Crippen molar-refractivity contribution in [2.45, 2.75) is 117 Å². The van der Waals surface area contributed by atoms with Crippen LogP contribution in [0.3, 0.4) is 0 Å². The lowest BCUT2D eigenvalue weighted by Gasteiger charge is -2.66. The molecule has 1 N–H and O–H groups in total. The Kier molecular flexibility index (Phi) is 6.17. The lowest BCUT2D eigenvalue weighted by Crippen LogP contribution is -2.60. The third-order valence-electron chi connectivity index (χ3n) is 11.5. The highest BCUT2D eigenvalue weighted by Gasteiger charge is 2.64. The Labute approximate surface area is 193 Å². The molecule has 0 amide bonds. The van der Waals surface area contributed by atoms with E-state index in [2.05, 4.69) is 26.5 Å². The SMILES string of the molecule is C=CC12CCC3C4CCC(CCCC(C)C(F)(F)F)C4(C)CCC3C1(C)CCC(C)(O)C2. The van der Waals surface area contributed by atoms with Gasteiger partial charge in [-0.3, -0.25) is 0 Å². The normalized spacial score (nSPS) is 49.6. The second kappa shape index (κ2) is 8.02. The molecule has 9 unspecified atom stereocenters. The minimum absolute atomic E-state index is 0.0371. The summed E-state index contributed by atoms with van der Waals surface area (Å²) in [6.45, 7) is 12.6. The van der Waals surface area contributed by atoms with Crippen LogP contribution in [0.4, 0.5) is 13.2 Å². The Bertz CT molecular complexity index is 714. The standard InChI is InChI=1S/C28H45F3O/c1-6-27-15-12-21-22-11-10-20(9-7-8-19(2)28(29,30)31)25(22,4)14-13-23(21)26(27,5)17-16-24(3,32)18-27/h6,19-23,32H,1,7-18H2,2-5H3. The zero-order chi connectivity index (χ0) is 23.6. The molecule has 184 valence electrons. The number of aliphatic hydroxyl groups is 1. The average Bonchev–Trinajstić information content (AvgIpc) is 3.04. The van der Waals surface area contributed by atoms with Crippen LogP contribution in [0.2, 0.25) is 0 Å². The largest absolute Gasteiger partial charge is 0.391 e. The van der Waals surface area contributed by atoms with Crippen molar-refractivity contribution in [2.24, 2.45) is 45.8 Å². The van der Waals surface area contributed by atoms with E-state index < -0.39 is 17.7 Å². The van der Waals surface area contributed by atoms with Crippen molar-refractivity contribution >= 4 is 0 Å². The fraction of sp³-hybridized carbons (Fsp3) is 0.929. The number of rotatable bonds is 5. The third kappa shape index (κ3) is 3.79. The van der Waals surface area contributed by atoms with Crippen LogP contribution in [-0.2, 0) is 0 Å². The van der Waals surface area contributed by atoms with Gasteiger partial charge in [-0.2, -0.15) is 13.2 Å².